The molecule has 2 heterocycles. The van der Waals surface area contributed by atoms with Gasteiger partial charge < -0.3 is 15.2 Å². The van der Waals surface area contributed by atoms with Crippen molar-refractivity contribution in [2.45, 2.75) is 31.8 Å². The van der Waals surface area contributed by atoms with Crippen LogP contribution in [0.5, 0.6) is 0 Å². The molecule has 1 aromatic heterocycles. The molecule has 0 radical (unpaired) electrons. The maximum absolute atomic E-state index is 12.2. The van der Waals surface area contributed by atoms with Gasteiger partial charge in [-0.3, -0.25) is 9.59 Å². The number of rotatable bonds is 3. The Balaban J connectivity index is 2.07. The second-order valence-electron chi connectivity index (χ2n) is 4.76. The quantitative estimate of drug-likeness (QED) is 0.787. The summed E-state index contributed by atoms with van der Waals surface area (Å²) in [5.74, 6) is -0.239. The van der Waals surface area contributed by atoms with Gasteiger partial charge in [-0.1, -0.05) is 0 Å². The Bertz CT molecular complexity index is 423. The first kappa shape index (κ1) is 11.7. The number of nitrogens with zero attached hydrogens (tertiary/aromatic N) is 1. The third kappa shape index (κ3) is 2.18. The molecule has 1 fully saturated rings. The van der Waals surface area contributed by atoms with E-state index in [1.54, 1.807) is 0 Å². The van der Waals surface area contributed by atoms with Crippen molar-refractivity contribution in [3.63, 3.8) is 0 Å². The number of hydrogen-bond donors (Lipinski definition) is 2. The molecule has 2 N–H and O–H groups in total. The van der Waals surface area contributed by atoms with Crippen LogP contribution in [0.4, 0.5) is 0 Å². The Morgan fingerprint density at radius 2 is 2.12 bits per heavy atom. The van der Waals surface area contributed by atoms with Crippen LogP contribution in [0.15, 0.2) is 24.5 Å². The maximum atomic E-state index is 12.2. The van der Waals surface area contributed by atoms with E-state index in [-0.39, 0.29) is 11.8 Å². The van der Waals surface area contributed by atoms with Crippen molar-refractivity contribution in [2.24, 2.45) is 0 Å². The highest BCUT2D eigenvalue weighted by Gasteiger charge is 2.33. The normalized spacial score (nSPS) is 20.1. The molecule has 1 unspecified atom stereocenters. The molecule has 1 aromatic rings. The van der Waals surface area contributed by atoms with Crippen molar-refractivity contribution in [3.05, 3.63) is 24.5 Å². The van der Waals surface area contributed by atoms with E-state index in [1.807, 2.05) is 42.9 Å². The number of nitrogens with one attached hydrogen (secondary N) is 2. The van der Waals surface area contributed by atoms with Gasteiger partial charge in [0.1, 0.15) is 11.6 Å². The summed E-state index contributed by atoms with van der Waals surface area (Å²) in [6.45, 7) is 4.29. The Morgan fingerprint density at radius 3 is 2.65 bits per heavy atom. The maximum Gasteiger partial charge on any atom is 0.246 e. The summed E-state index contributed by atoms with van der Waals surface area (Å²) in [4.78, 5) is 23.5. The van der Waals surface area contributed by atoms with Gasteiger partial charge in [0.25, 0.3) is 0 Å². The zero-order chi connectivity index (χ0) is 12.5. The zero-order valence-electron chi connectivity index (χ0n) is 10.1. The third-order valence-corrected chi connectivity index (χ3v) is 3.16. The Morgan fingerprint density at radius 1 is 1.47 bits per heavy atom. The highest BCUT2D eigenvalue weighted by atomic mass is 16.2. The van der Waals surface area contributed by atoms with Crippen molar-refractivity contribution in [3.8, 4) is 0 Å². The Labute approximate surface area is 100 Å². The minimum absolute atomic E-state index is 0.0957. The number of carbonyl (C=O) groups excluding carboxylic acids is 2. The summed E-state index contributed by atoms with van der Waals surface area (Å²) >= 11 is 0. The van der Waals surface area contributed by atoms with Gasteiger partial charge in [0.15, 0.2) is 0 Å². The van der Waals surface area contributed by atoms with Gasteiger partial charge in [-0.15, -0.1) is 0 Å². The lowest BCUT2D eigenvalue weighted by Crippen LogP contribution is -2.50. The summed E-state index contributed by atoms with van der Waals surface area (Å²) in [6, 6.07) is 3.35. The van der Waals surface area contributed by atoms with Gasteiger partial charge in [-0.05, 0) is 32.4 Å². The fourth-order valence-corrected chi connectivity index (χ4v) is 1.89. The molecule has 0 bridgehead atoms. The van der Waals surface area contributed by atoms with Crippen molar-refractivity contribution in [1.82, 2.24) is 15.2 Å². The second kappa shape index (κ2) is 4.24. The van der Waals surface area contributed by atoms with Crippen LogP contribution < -0.4 is 10.6 Å². The molecule has 5 nitrogen and oxygen atoms in total. The molecule has 1 saturated heterocycles. The van der Waals surface area contributed by atoms with Crippen molar-refractivity contribution >= 4 is 11.8 Å². The van der Waals surface area contributed by atoms with Crippen molar-refractivity contribution in [2.75, 3.05) is 6.54 Å². The molecule has 1 aliphatic heterocycles. The van der Waals surface area contributed by atoms with Gasteiger partial charge in [0.2, 0.25) is 11.8 Å². The summed E-state index contributed by atoms with van der Waals surface area (Å²) in [5, 5.41) is 5.49. The fourth-order valence-electron chi connectivity index (χ4n) is 1.89. The van der Waals surface area contributed by atoms with Crippen LogP contribution in [0, 0.1) is 0 Å². The lowest BCUT2D eigenvalue weighted by molar-refractivity contribution is -0.132. The van der Waals surface area contributed by atoms with Crippen LogP contribution in [0.1, 0.15) is 20.3 Å². The first-order valence-electron chi connectivity index (χ1n) is 5.74. The molecule has 1 atom stereocenters. The van der Waals surface area contributed by atoms with Crippen molar-refractivity contribution < 1.29 is 9.59 Å². The standard InChI is InChI=1S/C12H17N3O2/c1-12(2,15-7-3-4-8-15)11(17)14-9-5-6-13-10(9)16/h3-4,7-9H,5-6H2,1-2H3,(H,13,16)(H,14,17). The van der Waals surface area contributed by atoms with Crippen LogP contribution >= 0.6 is 0 Å². The molecular formula is C12H17N3O2. The fraction of sp³-hybridized carbons (Fsp3) is 0.500. The van der Waals surface area contributed by atoms with E-state index in [9.17, 15) is 9.59 Å². The molecule has 0 saturated carbocycles. The lowest BCUT2D eigenvalue weighted by atomic mass is 10.0. The molecular weight excluding hydrogens is 218 g/mol. The van der Waals surface area contributed by atoms with E-state index in [1.165, 1.54) is 0 Å². The molecule has 2 rings (SSSR count). The van der Waals surface area contributed by atoms with Gasteiger partial charge in [0, 0.05) is 18.9 Å². The zero-order valence-corrected chi connectivity index (χ0v) is 10.1. The predicted octanol–water partition coefficient (Wildman–Crippen LogP) is 0.228. The van der Waals surface area contributed by atoms with E-state index in [2.05, 4.69) is 10.6 Å². The summed E-state index contributed by atoms with van der Waals surface area (Å²) < 4.78 is 1.83. The van der Waals surface area contributed by atoms with Gasteiger partial charge in [-0.2, -0.15) is 0 Å². The molecule has 0 aromatic carbocycles. The van der Waals surface area contributed by atoms with Crippen LogP contribution in [0.3, 0.4) is 0 Å². The Hall–Kier alpha value is -1.78. The highest BCUT2D eigenvalue weighted by Crippen LogP contribution is 2.16. The highest BCUT2D eigenvalue weighted by molar-refractivity contribution is 5.91. The molecule has 0 aliphatic carbocycles. The largest absolute Gasteiger partial charge is 0.354 e. The van der Waals surface area contributed by atoms with Crippen LogP contribution in [-0.4, -0.2) is 29.0 Å². The first-order valence-corrected chi connectivity index (χ1v) is 5.74. The predicted molar refractivity (Wildman–Crippen MR) is 63.3 cm³/mol. The number of hydrogen-bond acceptors (Lipinski definition) is 2. The minimum Gasteiger partial charge on any atom is -0.354 e. The van der Waals surface area contributed by atoms with Crippen LogP contribution in [-0.2, 0) is 15.1 Å². The molecule has 17 heavy (non-hydrogen) atoms. The minimum atomic E-state index is -0.688. The van der Waals surface area contributed by atoms with Gasteiger partial charge in [-0.25, -0.2) is 0 Å². The van der Waals surface area contributed by atoms with E-state index >= 15 is 0 Å². The Kier molecular flexibility index (Phi) is 2.92. The smallest absolute Gasteiger partial charge is 0.246 e. The van der Waals surface area contributed by atoms with E-state index in [4.69, 9.17) is 0 Å². The van der Waals surface area contributed by atoms with Crippen LogP contribution in [0.25, 0.3) is 0 Å². The average molecular weight is 235 g/mol. The average Bonchev–Trinajstić information content (AvgIpc) is 2.90. The lowest BCUT2D eigenvalue weighted by Gasteiger charge is -2.27. The van der Waals surface area contributed by atoms with E-state index < -0.39 is 11.6 Å². The van der Waals surface area contributed by atoms with Gasteiger partial charge in [0.05, 0.1) is 0 Å². The number of carbonyl (C=O) groups is 2. The first-order chi connectivity index (χ1) is 8.01. The molecule has 2 amide bonds. The SMILES string of the molecule is CC(C)(C(=O)NC1CCNC1=O)n1cccc1. The monoisotopic (exact) mass is 235 g/mol. The van der Waals surface area contributed by atoms with Gasteiger partial charge >= 0.3 is 0 Å². The summed E-state index contributed by atoms with van der Waals surface area (Å²) in [6.07, 6.45) is 4.34. The molecule has 0 spiro atoms. The molecule has 92 valence electrons. The van der Waals surface area contributed by atoms with E-state index in [0.717, 1.165) is 0 Å². The third-order valence-electron chi connectivity index (χ3n) is 3.16. The number of aromatic nitrogens is 1. The molecule has 1 aliphatic rings. The summed E-state index contributed by atoms with van der Waals surface area (Å²) in [7, 11) is 0. The van der Waals surface area contributed by atoms with E-state index in [0.29, 0.717) is 13.0 Å². The topological polar surface area (TPSA) is 63.1 Å². The molecule has 5 heteroatoms. The van der Waals surface area contributed by atoms with Crippen LogP contribution in [0.2, 0.25) is 0 Å². The van der Waals surface area contributed by atoms with Crippen molar-refractivity contribution in [1.29, 1.82) is 0 Å². The second-order valence-corrected chi connectivity index (χ2v) is 4.76. The summed E-state index contributed by atoms with van der Waals surface area (Å²) in [5.41, 5.74) is -0.688. The number of amides is 2.